The van der Waals surface area contributed by atoms with Gasteiger partial charge in [0.15, 0.2) is 0 Å². The molecule has 6 nitrogen and oxygen atoms in total. The zero-order chi connectivity index (χ0) is 24.7. The summed E-state index contributed by atoms with van der Waals surface area (Å²) in [5, 5.41) is 7.63. The van der Waals surface area contributed by atoms with Crippen LogP contribution in [0.4, 0.5) is 23.2 Å². The van der Waals surface area contributed by atoms with E-state index in [2.05, 4.69) is 25.6 Å². The van der Waals surface area contributed by atoms with Crippen molar-refractivity contribution in [1.82, 2.24) is 20.3 Å². The number of pyridine rings is 2. The van der Waals surface area contributed by atoms with Crippen molar-refractivity contribution in [2.75, 3.05) is 5.32 Å². The molecule has 182 valence electrons. The molecular weight excluding hydrogens is 486 g/mol. The summed E-state index contributed by atoms with van der Waals surface area (Å²) in [6.07, 6.45) is -0.909. The van der Waals surface area contributed by atoms with E-state index in [1.54, 1.807) is 12.1 Å². The number of benzene rings is 1. The van der Waals surface area contributed by atoms with Crippen LogP contribution in [0.15, 0.2) is 42.6 Å². The molecule has 0 spiro atoms. The van der Waals surface area contributed by atoms with E-state index in [4.69, 9.17) is 11.6 Å². The number of aromatic amines is 1. The van der Waals surface area contributed by atoms with Gasteiger partial charge in [-0.2, -0.15) is 13.2 Å². The first kappa shape index (κ1) is 23.3. The molecule has 1 amide bonds. The van der Waals surface area contributed by atoms with Crippen LogP contribution >= 0.6 is 11.6 Å². The molecule has 0 unspecified atom stereocenters. The molecule has 0 atom stereocenters. The van der Waals surface area contributed by atoms with Gasteiger partial charge in [-0.15, -0.1) is 0 Å². The Hall–Kier alpha value is -3.40. The van der Waals surface area contributed by atoms with Gasteiger partial charge < -0.3 is 15.6 Å². The molecule has 0 saturated heterocycles. The highest BCUT2D eigenvalue weighted by atomic mass is 35.5. The van der Waals surface area contributed by atoms with Crippen molar-refractivity contribution in [1.29, 1.82) is 0 Å². The molecule has 35 heavy (non-hydrogen) atoms. The molecule has 1 aromatic carbocycles. The Kier molecular flexibility index (Phi) is 6.00. The largest absolute Gasteiger partial charge is 0.433 e. The summed E-state index contributed by atoms with van der Waals surface area (Å²) < 4.78 is 53.5. The molecule has 0 radical (unpaired) electrons. The Morgan fingerprint density at radius 2 is 1.80 bits per heavy atom. The second-order valence-corrected chi connectivity index (χ2v) is 9.09. The predicted molar refractivity (Wildman–Crippen MR) is 125 cm³/mol. The molecule has 3 aromatic heterocycles. The van der Waals surface area contributed by atoms with E-state index in [0.29, 0.717) is 52.8 Å². The Balaban J connectivity index is 1.26. The minimum atomic E-state index is -4.57. The average Bonchev–Trinajstić information content (AvgIpc) is 3.23. The van der Waals surface area contributed by atoms with E-state index in [9.17, 15) is 22.4 Å². The van der Waals surface area contributed by atoms with Crippen molar-refractivity contribution >= 4 is 45.1 Å². The highest BCUT2D eigenvalue weighted by Crippen LogP contribution is 2.35. The number of nitrogens with one attached hydrogen (secondary N) is 3. The molecule has 1 aliphatic carbocycles. The van der Waals surface area contributed by atoms with E-state index in [0.717, 1.165) is 12.3 Å². The second-order valence-electron chi connectivity index (χ2n) is 8.66. The SMILES string of the molecule is O=C(N[C@H]1CC[C@@H](Nc2cc(C(F)(F)F)nc3ccc(Cl)cc23)CC1)c1cc2cc(F)cnc2[nH]1. The molecule has 5 rings (SSSR count). The zero-order valence-electron chi connectivity index (χ0n) is 18.2. The summed E-state index contributed by atoms with van der Waals surface area (Å²) in [6, 6.07) is 8.27. The van der Waals surface area contributed by atoms with Crippen LogP contribution in [0.5, 0.6) is 0 Å². The third kappa shape index (κ3) is 5.02. The number of halogens is 5. The van der Waals surface area contributed by atoms with Gasteiger partial charge in [0, 0.05) is 33.6 Å². The number of carbonyl (C=O) groups excluding carboxylic acids is 1. The Morgan fingerprint density at radius 3 is 2.54 bits per heavy atom. The first-order chi connectivity index (χ1) is 16.7. The van der Waals surface area contributed by atoms with Crippen LogP contribution in [0, 0.1) is 5.82 Å². The average molecular weight is 506 g/mol. The van der Waals surface area contributed by atoms with Crippen LogP contribution in [0.3, 0.4) is 0 Å². The van der Waals surface area contributed by atoms with E-state index in [-0.39, 0.29) is 29.2 Å². The van der Waals surface area contributed by atoms with Gasteiger partial charge in [0.05, 0.1) is 11.7 Å². The van der Waals surface area contributed by atoms with E-state index < -0.39 is 17.7 Å². The van der Waals surface area contributed by atoms with Gasteiger partial charge in [-0.1, -0.05) is 11.6 Å². The lowest BCUT2D eigenvalue weighted by atomic mass is 9.90. The lowest BCUT2D eigenvalue weighted by Crippen LogP contribution is -2.40. The smallest absolute Gasteiger partial charge is 0.382 e. The molecule has 11 heteroatoms. The van der Waals surface area contributed by atoms with Crippen molar-refractivity contribution in [3.8, 4) is 0 Å². The van der Waals surface area contributed by atoms with Crippen LogP contribution in [0.25, 0.3) is 21.9 Å². The Labute approximate surface area is 202 Å². The number of hydrogen-bond acceptors (Lipinski definition) is 4. The van der Waals surface area contributed by atoms with Crippen LogP contribution < -0.4 is 10.6 Å². The molecular formula is C24H20ClF4N5O. The minimum absolute atomic E-state index is 0.0749. The third-order valence-electron chi connectivity index (χ3n) is 6.16. The third-order valence-corrected chi connectivity index (χ3v) is 6.40. The summed E-state index contributed by atoms with van der Waals surface area (Å²) in [7, 11) is 0. The lowest BCUT2D eigenvalue weighted by molar-refractivity contribution is -0.140. The van der Waals surface area contributed by atoms with Crippen LogP contribution in [0.1, 0.15) is 41.9 Å². The number of aromatic nitrogens is 3. The Bertz CT molecular complexity index is 1410. The molecule has 1 aliphatic rings. The van der Waals surface area contributed by atoms with E-state index in [1.807, 2.05) is 0 Å². The summed E-state index contributed by atoms with van der Waals surface area (Å²) in [4.78, 5) is 23.2. The van der Waals surface area contributed by atoms with Crippen molar-refractivity contribution < 1.29 is 22.4 Å². The fraction of sp³-hybridized carbons (Fsp3) is 0.292. The molecule has 1 fully saturated rings. The van der Waals surface area contributed by atoms with Crippen LogP contribution in [0.2, 0.25) is 5.02 Å². The number of hydrogen-bond donors (Lipinski definition) is 3. The summed E-state index contributed by atoms with van der Waals surface area (Å²) in [6.45, 7) is 0. The fourth-order valence-corrected chi connectivity index (χ4v) is 4.61. The maximum atomic E-state index is 13.4. The normalized spacial score (nSPS) is 18.7. The lowest BCUT2D eigenvalue weighted by Gasteiger charge is -2.30. The van der Waals surface area contributed by atoms with Gasteiger partial charge in [0.25, 0.3) is 5.91 Å². The first-order valence-electron chi connectivity index (χ1n) is 11.0. The standard InChI is InChI=1S/C24H20ClF4N5O/c25-13-1-6-18-17(9-13)19(10-21(33-18)24(27,28)29)31-15-2-4-16(5-3-15)32-23(35)20-8-12-7-14(26)11-30-22(12)34-20/h1,6-11,15-16H,2-5H2,(H,30,34)(H,31,33)(H,32,35)/t15-,16+. The zero-order valence-corrected chi connectivity index (χ0v) is 19.0. The number of amides is 1. The van der Waals surface area contributed by atoms with Gasteiger partial charge in [0.2, 0.25) is 0 Å². The number of anilines is 1. The van der Waals surface area contributed by atoms with Gasteiger partial charge >= 0.3 is 6.18 Å². The molecule has 0 aliphatic heterocycles. The summed E-state index contributed by atoms with van der Waals surface area (Å²) >= 11 is 6.07. The first-order valence-corrected chi connectivity index (χ1v) is 11.4. The molecule has 4 aromatic rings. The van der Waals surface area contributed by atoms with Crippen molar-refractivity contribution in [3.05, 3.63) is 64.8 Å². The maximum Gasteiger partial charge on any atom is 0.433 e. The highest BCUT2D eigenvalue weighted by molar-refractivity contribution is 6.31. The quantitative estimate of drug-likeness (QED) is 0.294. The van der Waals surface area contributed by atoms with Gasteiger partial charge in [-0.05, 0) is 62.1 Å². The van der Waals surface area contributed by atoms with Crippen LogP contribution in [-0.2, 0) is 6.18 Å². The molecule has 3 N–H and O–H groups in total. The molecule has 0 bridgehead atoms. The van der Waals surface area contributed by atoms with Gasteiger partial charge in [0.1, 0.15) is 22.9 Å². The molecule has 3 heterocycles. The number of alkyl halides is 3. The van der Waals surface area contributed by atoms with E-state index >= 15 is 0 Å². The van der Waals surface area contributed by atoms with Crippen molar-refractivity contribution in [2.45, 2.75) is 43.9 Å². The minimum Gasteiger partial charge on any atom is -0.382 e. The predicted octanol–water partition coefficient (Wildman–Crippen LogP) is 6.08. The number of carbonyl (C=O) groups is 1. The fourth-order valence-electron chi connectivity index (χ4n) is 4.44. The maximum absolute atomic E-state index is 13.4. The van der Waals surface area contributed by atoms with E-state index in [1.165, 1.54) is 18.2 Å². The van der Waals surface area contributed by atoms with Gasteiger partial charge in [-0.3, -0.25) is 4.79 Å². The highest BCUT2D eigenvalue weighted by Gasteiger charge is 2.34. The number of H-pyrrole nitrogens is 1. The molecule has 1 saturated carbocycles. The Morgan fingerprint density at radius 1 is 1.06 bits per heavy atom. The summed E-state index contributed by atoms with van der Waals surface area (Å²) in [5.74, 6) is -0.801. The monoisotopic (exact) mass is 505 g/mol. The summed E-state index contributed by atoms with van der Waals surface area (Å²) in [5.41, 5.74) is 0.282. The number of fused-ring (bicyclic) bond motifs is 2. The number of nitrogens with zero attached hydrogens (tertiary/aromatic N) is 2. The van der Waals surface area contributed by atoms with Crippen molar-refractivity contribution in [3.63, 3.8) is 0 Å². The van der Waals surface area contributed by atoms with Gasteiger partial charge in [-0.25, -0.2) is 14.4 Å². The van der Waals surface area contributed by atoms with Crippen LogP contribution in [-0.4, -0.2) is 32.9 Å². The van der Waals surface area contributed by atoms with Crippen molar-refractivity contribution in [2.24, 2.45) is 0 Å². The number of rotatable bonds is 4. The second kappa shape index (κ2) is 8.99. The topological polar surface area (TPSA) is 82.7 Å².